The molecule has 6 nitrogen and oxygen atoms in total. The largest absolute Gasteiger partial charge is 0.497 e. The van der Waals surface area contributed by atoms with E-state index in [4.69, 9.17) is 9.72 Å². The fourth-order valence-electron chi connectivity index (χ4n) is 3.89. The van der Waals surface area contributed by atoms with E-state index in [9.17, 15) is 9.00 Å². The molecule has 0 aliphatic heterocycles. The molecule has 7 heteroatoms. The van der Waals surface area contributed by atoms with Crippen LogP contribution in [0.3, 0.4) is 0 Å². The van der Waals surface area contributed by atoms with Crippen LogP contribution in [0.5, 0.6) is 5.75 Å². The SMILES string of the molecule is COc1ccc(C)c(C(=O)NC2(c3cc(N(C)S(C)=O)cc4nc(C)ccc34)CC2)c1. The molecule has 0 radical (unpaired) electrons. The first-order valence-corrected chi connectivity index (χ1v) is 11.7. The van der Waals surface area contributed by atoms with Crippen molar-refractivity contribution in [3.8, 4) is 5.75 Å². The molecule has 1 fully saturated rings. The van der Waals surface area contributed by atoms with Crippen molar-refractivity contribution in [2.24, 2.45) is 0 Å². The van der Waals surface area contributed by atoms with Crippen LogP contribution in [-0.4, -0.2) is 35.5 Å². The Balaban J connectivity index is 1.78. The van der Waals surface area contributed by atoms with Crippen molar-refractivity contribution >= 4 is 33.5 Å². The second-order valence-electron chi connectivity index (χ2n) is 8.15. The number of rotatable bonds is 6. The van der Waals surface area contributed by atoms with Crippen molar-refractivity contribution < 1.29 is 13.7 Å². The number of methoxy groups -OCH3 is 1. The van der Waals surface area contributed by atoms with E-state index in [1.165, 1.54) is 0 Å². The number of nitrogens with zero attached hydrogens (tertiary/aromatic N) is 2. The number of aryl methyl sites for hydroxylation is 2. The van der Waals surface area contributed by atoms with Gasteiger partial charge in [-0.3, -0.25) is 14.1 Å². The Hall–Kier alpha value is -2.93. The topological polar surface area (TPSA) is 71.5 Å². The molecule has 1 aliphatic carbocycles. The van der Waals surface area contributed by atoms with Crippen molar-refractivity contribution in [2.75, 3.05) is 24.7 Å². The number of benzene rings is 2. The van der Waals surface area contributed by atoms with Gasteiger partial charge in [-0.1, -0.05) is 12.1 Å². The zero-order chi connectivity index (χ0) is 22.3. The molecule has 1 unspecified atom stereocenters. The van der Waals surface area contributed by atoms with Crippen molar-refractivity contribution in [1.82, 2.24) is 10.3 Å². The summed E-state index contributed by atoms with van der Waals surface area (Å²) in [6, 6.07) is 13.5. The first kappa shape index (κ1) is 21.3. The standard InChI is InChI=1S/C24H27N3O3S/c1-15-6-8-18(30-4)14-20(15)23(28)26-24(10-11-24)21-12-17(27(3)31(5)29)13-22-19(21)9-7-16(2)25-22/h6-9,12-14H,10-11H2,1-5H3,(H,26,28). The minimum absolute atomic E-state index is 0.125. The summed E-state index contributed by atoms with van der Waals surface area (Å²) in [4.78, 5) is 17.9. The highest BCUT2D eigenvalue weighted by Gasteiger charge is 2.47. The summed E-state index contributed by atoms with van der Waals surface area (Å²) in [6.45, 7) is 3.87. The van der Waals surface area contributed by atoms with Crippen molar-refractivity contribution in [1.29, 1.82) is 0 Å². The molecule has 162 valence electrons. The lowest BCUT2D eigenvalue weighted by Crippen LogP contribution is -2.35. The Kier molecular flexibility index (Phi) is 5.47. The average molecular weight is 438 g/mol. The van der Waals surface area contributed by atoms with Gasteiger partial charge < -0.3 is 10.1 Å². The third-order valence-corrected chi connectivity index (χ3v) is 6.97. The first-order chi connectivity index (χ1) is 14.7. The van der Waals surface area contributed by atoms with Crippen LogP contribution in [0, 0.1) is 13.8 Å². The molecule has 1 amide bonds. The Morgan fingerprint density at radius 1 is 1.16 bits per heavy atom. The summed E-state index contributed by atoms with van der Waals surface area (Å²) in [7, 11) is 2.23. The zero-order valence-electron chi connectivity index (χ0n) is 18.5. The van der Waals surface area contributed by atoms with E-state index >= 15 is 0 Å². The van der Waals surface area contributed by atoms with Crippen molar-refractivity contribution in [2.45, 2.75) is 32.2 Å². The van der Waals surface area contributed by atoms with Crippen molar-refractivity contribution in [3.63, 3.8) is 0 Å². The fourth-order valence-corrected chi connectivity index (χ4v) is 4.29. The van der Waals surface area contributed by atoms with Gasteiger partial charge in [0.05, 0.1) is 23.9 Å². The van der Waals surface area contributed by atoms with Crippen LogP contribution in [0.1, 0.15) is 40.0 Å². The molecular formula is C24H27N3O3S. The Morgan fingerprint density at radius 3 is 2.55 bits per heavy atom. The number of carbonyl (C=O) groups is 1. The lowest BCUT2D eigenvalue weighted by molar-refractivity contribution is 0.0930. The fraction of sp³-hybridized carbons (Fsp3) is 0.333. The van der Waals surface area contributed by atoms with E-state index in [1.54, 1.807) is 30.8 Å². The maximum atomic E-state index is 13.2. The zero-order valence-corrected chi connectivity index (χ0v) is 19.3. The molecule has 1 aromatic heterocycles. The number of ether oxygens (including phenoxy) is 1. The van der Waals surface area contributed by atoms with Gasteiger partial charge in [-0.25, -0.2) is 4.21 Å². The van der Waals surface area contributed by atoms with Gasteiger partial charge in [0.25, 0.3) is 5.91 Å². The second kappa shape index (κ2) is 7.96. The van der Waals surface area contributed by atoms with Crippen molar-refractivity contribution in [3.05, 3.63) is 64.8 Å². The van der Waals surface area contributed by atoms with Crippen LogP contribution in [0.15, 0.2) is 42.5 Å². The number of pyridine rings is 1. The lowest BCUT2D eigenvalue weighted by atomic mass is 9.97. The quantitative estimate of drug-likeness (QED) is 0.633. The highest BCUT2D eigenvalue weighted by molar-refractivity contribution is 7.85. The molecule has 0 spiro atoms. The van der Waals surface area contributed by atoms with E-state index in [-0.39, 0.29) is 5.91 Å². The maximum Gasteiger partial charge on any atom is 0.252 e. The Bertz CT molecular complexity index is 1200. The summed E-state index contributed by atoms with van der Waals surface area (Å²) in [5.74, 6) is 0.528. The molecule has 1 atom stereocenters. The van der Waals surface area contributed by atoms with Gasteiger partial charge in [0, 0.05) is 29.9 Å². The summed E-state index contributed by atoms with van der Waals surface area (Å²) < 4.78 is 19.1. The van der Waals surface area contributed by atoms with E-state index in [2.05, 4.69) is 11.4 Å². The molecule has 0 bridgehead atoms. The number of aromatic nitrogens is 1. The minimum Gasteiger partial charge on any atom is -0.497 e. The van der Waals surface area contributed by atoms with Crippen LogP contribution in [-0.2, 0) is 16.5 Å². The number of amides is 1. The smallest absolute Gasteiger partial charge is 0.252 e. The summed E-state index contributed by atoms with van der Waals surface area (Å²) in [6.07, 6.45) is 3.33. The summed E-state index contributed by atoms with van der Waals surface area (Å²) in [5.41, 5.74) is 4.62. The van der Waals surface area contributed by atoms with Crippen LogP contribution >= 0.6 is 0 Å². The average Bonchev–Trinajstić information content (AvgIpc) is 3.52. The number of hydrogen-bond donors (Lipinski definition) is 1. The minimum atomic E-state index is -1.17. The Morgan fingerprint density at radius 2 is 1.90 bits per heavy atom. The molecule has 1 saturated carbocycles. The number of fused-ring (bicyclic) bond motifs is 1. The number of hydrogen-bond acceptors (Lipinski definition) is 4. The molecule has 4 rings (SSSR count). The van der Waals surface area contributed by atoms with Gasteiger partial charge in [0.1, 0.15) is 16.7 Å². The van der Waals surface area contributed by atoms with Crippen LogP contribution in [0.25, 0.3) is 10.9 Å². The molecule has 1 N–H and O–H groups in total. The maximum absolute atomic E-state index is 13.2. The molecule has 3 aromatic rings. The van der Waals surface area contributed by atoms with E-state index in [0.29, 0.717) is 11.3 Å². The van der Waals surface area contributed by atoms with Crippen LogP contribution in [0.4, 0.5) is 5.69 Å². The van der Waals surface area contributed by atoms with E-state index in [0.717, 1.165) is 46.3 Å². The van der Waals surface area contributed by atoms with Gasteiger partial charge >= 0.3 is 0 Å². The van der Waals surface area contributed by atoms with Gasteiger partial charge in [0.15, 0.2) is 0 Å². The van der Waals surface area contributed by atoms with Gasteiger partial charge in [-0.15, -0.1) is 0 Å². The number of nitrogens with one attached hydrogen (secondary N) is 1. The lowest BCUT2D eigenvalue weighted by Gasteiger charge is -2.24. The third kappa shape index (κ3) is 4.02. The molecular weight excluding hydrogens is 410 g/mol. The number of anilines is 1. The van der Waals surface area contributed by atoms with Crippen LogP contribution < -0.4 is 14.4 Å². The highest BCUT2D eigenvalue weighted by atomic mass is 32.2. The Labute approximate surface area is 185 Å². The van der Waals surface area contributed by atoms with Gasteiger partial charge in [-0.05, 0) is 68.1 Å². The molecule has 1 aliphatic rings. The molecule has 1 heterocycles. The van der Waals surface area contributed by atoms with E-state index in [1.807, 2.05) is 44.2 Å². The normalized spacial score (nSPS) is 15.4. The molecule has 2 aromatic carbocycles. The van der Waals surface area contributed by atoms with E-state index < -0.39 is 16.5 Å². The monoisotopic (exact) mass is 437 g/mol. The van der Waals surface area contributed by atoms with Crippen LogP contribution in [0.2, 0.25) is 0 Å². The summed E-state index contributed by atoms with van der Waals surface area (Å²) in [5, 5.41) is 4.28. The predicted octanol–water partition coefficient (Wildman–Crippen LogP) is 4.01. The third-order valence-electron chi connectivity index (χ3n) is 5.99. The molecule has 31 heavy (non-hydrogen) atoms. The predicted molar refractivity (Wildman–Crippen MR) is 125 cm³/mol. The molecule has 0 saturated heterocycles. The first-order valence-electron chi connectivity index (χ1n) is 10.2. The van der Waals surface area contributed by atoms with Gasteiger partial charge in [-0.2, -0.15) is 0 Å². The number of carbonyl (C=O) groups excluding carboxylic acids is 1. The summed E-state index contributed by atoms with van der Waals surface area (Å²) >= 11 is 0. The second-order valence-corrected chi connectivity index (χ2v) is 9.55. The highest BCUT2D eigenvalue weighted by Crippen LogP contribution is 2.49. The van der Waals surface area contributed by atoms with Gasteiger partial charge in [0.2, 0.25) is 0 Å².